The fourth-order valence-corrected chi connectivity index (χ4v) is 6.53. The lowest BCUT2D eigenvalue weighted by molar-refractivity contribution is -0.134. The number of carbonyl (C=O) groups is 3. The Kier molecular flexibility index (Phi) is 12.1. The van der Waals surface area contributed by atoms with E-state index < -0.39 is 5.54 Å². The van der Waals surface area contributed by atoms with Crippen molar-refractivity contribution >= 4 is 29.4 Å². The number of piperazine rings is 1. The molecule has 0 aromatic carbocycles. The molecule has 0 spiro atoms. The lowest BCUT2D eigenvalue weighted by atomic mass is 9.97. The number of unbranched alkanes of at least 4 members (excludes halogenated alkanes) is 5. The number of fused-ring (bicyclic) bond motifs is 1. The smallest absolute Gasteiger partial charge is 0.242 e. The second-order valence-electron chi connectivity index (χ2n) is 13.4. The number of aromatic nitrogens is 4. The highest BCUT2D eigenvalue weighted by Crippen LogP contribution is 2.39. The van der Waals surface area contributed by atoms with Crippen molar-refractivity contribution in [2.24, 2.45) is 5.11 Å². The Hall–Kier alpha value is -5.61. The van der Waals surface area contributed by atoms with Crippen LogP contribution in [-0.4, -0.2) is 86.7 Å². The number of carbonyl (C=O) groups excluding carboxylic acids is 3. The average molecular weight is 693 g/mol. The Morgan fingerprint density at radius 3 is 2.55 bits per heavy atom. The van der Waals surface area contributed by atoms with E-state index in [2.05, 4.69) is 36.4 Å². The topological polar surface area (TPSA) is 197 Å². The fourth-order valence-electron chi connectivity index (χ4n) is 6.53. The summed E-state index contributed by atoms with van der Waals surface area (Å²) in [6.07, 6.45) is 11.1. The molecule has 3 aromatic heterocycles. The number of hydrogen-bond donors (Lipinski definition) is 1. The van der Waals surface area contributed by atoms with Gasteiger partial charge >= 0.3 is 0 Å². The van der Waals surface area contributed by atoms with E-state index in [1.54, 1.807) is 41.7 Å². The van der Waals surface area contributed by atoms with Crippen LogP contribution in [0.5, 0.6) is 0 Å². The second kappa shape index (κ2) is 16.9. The van der Waals surface area contributed by atoms with E-state index >= 15 is 0 Å². The van der Waals surface area contributed by atoms with Crippen molar-refractivity contribution in [3.63, 3.8) is 0 Å². The third-order valence-electron chi connectivity index (χ3n) is 9.51. The average Bonchev–Trinajstić information content (AvgIpc) is 3.33. The zero-order chi connectivity index (χ0) is 36.4. The first kappa shape index (κ1) is 36.7. The van der Waals surface area contributed by atoms with Crippen LogP contribution in [0.1, 0.15) is 87.3 Å². The number of nitriles is 1. The van der Waals surface area contributed by atoms with Crippen LogP contribution in [0.15, 0.2) is 48.0 Å². The maximum Gasteiger partial charge on any atom is 0.242 e. The Labute approximate surface area is 297 Å². The molecule has 0 bridgehead atoms. The van der Waals surface area contributed by atoms with Gasteiger partial charge in [0.15, 0.2) is 5.78 Å². The first-order chi connectivity index (χ1) is 24.6. The van der Waals surface area contributed by atoms with Gasteiger partial charge in [0.05, 0.1) is 23.3 Å². The number of amides is 2. The molecule has 0 aliphatic carbocycles. The molecule has 1 N–H and O–H groups in total. The van der Waals surface area contributed by atoms with Crippen molar-refractivity contribution in [1.82, 2.24) is 30.2 Å². The van der Waals surface area contributed by atoms with Crippen LogP contribution >= 0.6 is 0 Å². The number of azide groups is 1. The van der Waals surface area contributed by atoms with Gasteiger partial charge in [-0.05, 0) is 57.3 Å². The molecule has 2 amide bonds. The molecule has 1 fully saturated rings. The second-order valence-corrected chi connectivity index (χ2v) is 13.4. The highest BCUT2D eigenvalue weighted by Gasteiger charge is 2.45. The van der Waals surface area contributed by atoms with Crippen LogP contribution in [0.2, 0.25) is 0 Å². The molecule has 0 radical (unpaired) electrons. The van der Waals surface area contributed by atoms with Crippen molar-refractivity contribution in [2.75, 3.05) is 42.5 Å². The number of rotatable bonds is 15. The molecular weight excluding hydrogens is 648 g/mol. The van der Waals surface area contributed by atoms with E-state index in [1.807, 2.05) is 36.6 Å². The van der Waals surface area contributed by atoms with Gasteiger partial charge in [0.25, 0.3) is 0 Å². The molecule has 51 heavy (non-hydrogen) atoms. The summed E-state index contributed by atoms with van der Waals surface area (Å²) in [6, 6.07) is 9.22. The number of anilines is 2. The summed E-state index contributed by atoms with van der Waals surface area (Å²) >= 11 is 0. The van der Waals surface area contributed by atoms with Crippen LogP contribution in [0, 0.1) is 11.3 Å². The summed E-state index contributed by atoms with van der Waals surface area (Å²) in [5.41, 5.74) is 10.3. The van der Waals surface area contributed by atoms with Gasteiger partial charge in [0.2, 0.25) is 17.8 Å². The van der Waals surface area contributed by atoms with E-state index in [9.17, 15) is 19.6 Å². The maximum atomic E-state index is 13.4. The normalized spacial score (nSPS) is 16.3. The number of nitrogens with zero attached hydrogens (tertiary/aromatic N) is 11. The maximum absolute atomic E-state index is 13.4. The molecule has 2 aliphatic rings. The Morgan fingerprint density at radius 2 is 1.82 bits per heavy atom. The third kappa shape index (κ3) is 8.77. The predicted octanol–water partition coefficient (Wildman–Crippen LogP) is 4.98. The van der Waals surface area contributed by atoms with E-state index in [1.165, 1.54) is 0 Å². The summed E-state index contributed by atoms with van der Waals surface area (Å²) in [4.78, 5) is 65.4. The molecule has 3 aromatic rings. The third-order valence-corrected chi connectivity index (χ3v) is 9.51. The monoisotopic (exact) mass is 692 g/mol. The number of hydrogen-bond acceptors (Lipinski definition) is 11. The molecule has 15 heteroatoms. The number of Topliss-reactive ketones (excluding diaryl/α,β-unsaturated/α-hetero) is 1. The van der Waals surface area contributed by atoms with E-state index in [0.717, 1.165) is 38.5 Å². The van der Waals surface area contributed by atoms with Gasteiger partial charge in [0, 0.05) is 79.8 Å². The molecule has 5 rings (SSSR count). The van der Waals surface area contributed by atoms with E-state index in [-0.39, 0.29) is 30.2 Å². The fraction of sp³-hybridized carbons (Fsp3) is 0.500. The van der Waals surface area contributed by atoms with Crippen LogP contribution in [0.25, 0.3) is 21.7 Å². The van der Waals surface area contributed by atoms with Gasteiger partial charge in [-0.15, -0.1) is 0 Å². The summed E-state index contributed by atoms with van der Waals surface area (Å²) in [5, 5.41) is 15.9. The van der Waals surface area contributed by atoms with Crippen molar-refractivity contribution in [1.29, 1.82) is 5.26 Å². The highest BCUT2D eigenvalue weighted by atomic mass is 16.2. The molecular formula is C36H44N12O3. The summed E-state index contributed by atoms with van der Waals surface area (Å²) in [7, 11) is 0. The standard InChI is InChI=1S/C36H44N12O3/c1-25-23-46(17-18-47(25)32(50)22-40-31(49)12-8-6-4-5-7-9-16-43-45-38)35-41-20-27(21-42-35)29-14-13-28-33(51)36(2,3)48(34(28)44-29)24-26-11-10-15-39-30(26)19-37/h10-11,13-15,20-21,25H,4-9,12,16-18,22-24H2,1-3H3,(H,40,49)/t25-/m1/s1. The van der Waals surface area contributed by atoms with Crippen molar-refractivity contribution in [2.45, 2.75) is 83.8 Å². The Balaban J connectivity index is 1.12. The number of pyridine rings is 2. The van der Waals surface area contributed by atoms with Crippen LogP contribution in [0.3, 0.4) is 0 Å². The van der Waals surface area contributed by atoms with Crippen molar-refractivity contribution in [3.05, 3.63) is 70.1 Å². The molecule has 5 heterocycles. The largest absolute Gasteiger partial charge is 0.347 e. The van der Waals surface area contributed by atoms with Crippen LogP contribution < -0.4 is 15.1 Å². The first-order valence-corrected chi connectivity index (χ1v) is 17.5. The zero-order valence-corrected chi connectivity index (χ0v) is 29.5. The van der Waals surface area contributed by atoms with Crippen molar-refractivity contribution < 1.29 is 14.4 Å². The SMILES string of the molecule is C[C@@H]1CN(c2ncc(-c3ccc4c(n3)N(Cc3cccnc3C#N)C(C)(C)C4=O)cn2)CCN1C(=O)CNC(=O)CCCCCCCCN=[N+]=[N-]. The minimum absolute atomic E-state index is 0.0243. The Bertz CT molecular complexity index is 1820. The minimum Gasteiger partial charge on any atom is -0.347 e. The molecule has 2 aliphatic heterocycles. The minimum atomic E-state index is -0.861. The van der Waals surface area contributed by atoms with Crippen molar-refractivity contribution in [3.8, 4) is 17.3 Å². The summed E-state index contributed by atoms with van der Waals surface area (Å²) < 4.78 is 0. The highest BCUT2D eigenvalue weighted by molar-refractivity contribution is 6.12. The molecule has 0 saturated carbocycles. The number of nitrogens with one attached hydrogen (secondary N) is 1. The van der Waals surface area contributed by atoms with E-state index in [0.29, 0.717) is 79.0 Å². The number of ketones is 1. The quantitative estimate of drug-likeness (QED) is 0.0981. The molecule has 1 atom stereocenters. The van der Waals surface area contributed by atoms with Gasteiger partial charge < -0.3 is 20.0 Å². The molecule has 15 nitrogen and oxygen atoms in total. The predicted molar refractivity (Wildman–Crippen MR) is 192 cm³/mol. The lowest BCUT2D eigenvalue weighted by Gasteiger charge is -2.39. The zero-order valence-electron chi connectivity index (χ0n) is 29.5. The lowest BCUT2D eigenvalue weighted by Crippen LogP contribution is -2.56. The summed E-state index contributed by atoms with van der Waals surface area (Å²) in [5.74, 6) is 0.809. The Morgan fingerprint density at radius 1 is 1.08 bits per heavy atom. The van der Waals surface area contributed by atoms with Gasteiger partial charge in [-0.25, -0.2) is 19.9 Å². The summed E-state index contributed by atoms with van der Waals surface area (Å²) in [6.45, 7) is 8.07. The van der Waals surface area contributed by atoms with Crippen LogP contribution in [-0.2, 0) is 16.1 Å². The van der Waals surface area contributed by atoms with Gasteiger partial charge in [-0.1, -0.05) is 36.9 Å². The van der Waals surface area contributed by atoms with Gasteiger partial charge in [-0.2, -0.15) is 5.26 Å². The molecule has 0 unspecified atom stereocenters. The van der Waals surface area contributed by atoms with Gasteiger partial charge in [-0.3, -0.25) is 14.4 Å². The first-order valence-electron chi connectivity index (χ1n) is 17.5. The van der Waals surface area contributed by atoms with Gasteiger partial charge in [0.1, 0.15) is 17.6 Å². The van der Waals surface area contributed by atoms with Crippen LogP contribution in [0.4, 0.5) is 11.8 Å². The molecule has 1 saturated heterocycles. The molecule has 266 valence electrons. The van der Waals surface area contributed by atoms with E-state index in [4.69, 9.17) is 10.5 Å².